The van der Waals surface area contributed by atoms with Gasteiger partial charge < -0.3 is 0 Å². The van der Waals surface area contributed by atoms with E-state index < -0.39 is 0 Å². The first-order chi connectivity index (χ1) is 20.1. The number of rotatable bonds is 4. The summed E-state index contributed by atoms with van der Waals surface area (Å²) in [6.07, 6.45) is 22.5. The molecule has 6 aromatic rings. The lowest BCUT2D eigenvalue weighted by Gasteiger charge is -2.11. The van der Waals surface area contributed by atoms with Crippen molar-refractivity contribution in [2.24, 2.45) is 0 Å². The van der Waals surface area contributed by atoms with Crippen molar-refractivity contribution in [3.05, 3.63) is 119 Å². The number of nitrogens with zero attached hydrogens (tertiary/aromatic N) is 2. The first-order valence-electron chi connectivity index (χ1n) is 12.7. The Morgan fingerprint density at radius 1 is 0.390 bits per heavy atom. The first-order valence-corrected chi connectivity index (χ1v) is 13.6. The fraction of sp³-hybridized carbons (Fsp3) is 0. The van der Waals surface area contributed by atoms with Crippen molar-refractivity contribution in [2.75, 3.05) is 0 Å². The topological polar surface area (TPSA) is 25.8 Å². The highest BCUT2D eigenvalue weighted by Crippen LogP contribution is 2.45. The highest BCUT2D eigenvalue weighted by atomic mass is 32.1. The van der Waals surface area contributed by atoms with Crippen molar-refractivity contribution >= 4 is 22.4 Å². The van der Waals surface area contributed by atoms with E-state index in [2.05, 4.69) is 23.7 Å². The number of terminal acetylenes is 4. The maximum atomic E-state index is 5.63. The average molecular weight is 537 g/mol. The molecule has 0 saturated carbocycles. The van der Waals surface area contributed by atoms with Gasteiger partial charge in [0.2, 0.25) is 0 Å². The van der Waals surface area contributed by atoms with Crippen molar-refractivity contribution in [2.45, 2.75) is 0 Å². The van der Waals surface area contributed by atoms with Crippen molar-refractivity contribution in [1.29, 1.82) is 0 Å². The van der Waals surface area contributed by atoms with E-state index in [0.717, 1.165) is 76.7 Å². The Morgan fingerprint density at radius 3 is 0.927 bits per heavy atom. The van der Waals surface area contributed by atoms with Crippen molar-refractivity contribution in [3.63, 3.8) is 0 Å². The lowest BCUT2D eigenvalue weighted by atomic mass is 10.0. The first kappa shape index (κ1) is 25.4. The molecular weight excluding hydrogens is 516 g/mol. The van der Waals surface area contributed by atoms with Crippen LogP contribution in [0, 0.1) is 49.4 Å². The summed E-state index contributed by atoms with van der Waals surface area (Å²) in [6, 6.07) is 31.5. The fourth-order valence-corrected chi connectivity index (χ4v) is 5.82. The molecule has 0 aliphatic heterocycles. The van der Waals surface area contributed by atoms with Crippen LogP contribution in [0.3, 0.4) is 0 Å². The van der Waals surface area contributed by atoms with Crippen LogP contribution in [-0.2, 0) is 0 Å². The van der Waals surface area contributed by atoms with E-state index in [9.17, 15) is 0 Å². The standard InChI is InChI=1S/C38H20N2S/c1-5-25-9-17-29(18-10-25)33-34(30-19-11-26(6-2)12-20-30)40-36-35(39-33)37(31-21-13-27(7-3)14-22-31)41-38(36)32-23-15-28(8-4)16-24-32/h1-4,9-24H. The highest BCUT2D eigenvalue weighted by molar-refractivity contribution is 7.20. The molecule has 0 amide bonds. The van der Waals surface area contributed by atoms with Crippen LogP contribution in [0.25, 0.3) is 54.4 Å². The molecule has 6 rings (SSSR count). The molecule has 2 aromatic heterocycles. The minimum atomic E-state index is 0.753. The zero-order valence-electron chi connectivity index (χ0n) is 21.8. The molecule has 0 aliphatic carbocycles. The summed E-state index contributed by atoms with van der Waals surface area (Å²) in [5, 5.41) is 0. The molecule has 0 atom stereocenters. The third-order valence-electron chi connectivity index (χ3n) is 6.81. The Labute approximate surface area is 243 Å². The van der Waals surface area contributed by atoms with Gasteiger partial charge in [-0.3, -0.25) is 0 Å². The number of fused-ring (bicyclic) bond motifs is 1. The predicted octanol–water partition coefficient (Wildman–Crippen LogP) is 8.28. The molecule has 2 heterocycles. The molecule has 4 aromatic carbocycles. The summed E-state index contributed by atoms with van der Waals surface area (Å²) >= 11 is 1.64. The summed E-state index contributed by atoms with van der Waals surface area (Å²) in [6.45, 7) is 0. The monoisotopic (exact) mass is 536 g/mol. The molecule has 2 nitrogen and oxygen atoms in total. The van der Waals surface area contributed by atoms with E-state index >= 15 is 0 Å². The Balaban J connectivity index is 1.67. The summed E-state index contributed by atoms with van der Waals surface area (Å²) in [4.78, 5) is 12.6. The summed E-state index contributed by atoms with van der Waals surface area (Å²) in [7, 11) is 0. The summed E-state index contributed by atoms with van der Waals surface area (Å²) < 4.78 is 0. The van der Waals surface area contributed by atoms with Crippen LogP contribution in [0.4, 0.5) is 0 Å². The molecule has 0 spiro atoms. The number of hydrogen-bond donors (Lipinski definition) is 0. The number of hydrogen-bond acceptors (Lipinski definition) is 3. The Bertz CT molecular complexity index is 1930. The molecule has 41 heavy (non-hydrogen) atoms. The maximum Gasteiger partial charge on any atom is 0.109 e. The van der Waals surface area contributed by atoms with Gasteiger partial charge in [-0.15, -0.1) is 37.0 Å². The van der Waals surface area contributed by atoms with Gasteiger partial charge in [0, 0.05) is 33.4 Å². The normalized spacial score (nSPS) is 10.3. The lowest BCUT2D eigenvalue weighted by molar-refractivity contribution is 1.30. The predicted molar refractivity (Wildman–Crippen MR) is 171 cm³/mol. The van der Waals surface area contributed by atoms with Gasteiger partial charge in [-0.25, -0.2) is 9.97 Å². The number of benzene rings is 4. The van der Waals surface area contributed by atoms with Crippen LogP contribution >= 0.6 is 11.3 Å². The van der Waals surface area contributed by atoms with Gasteiger partial charge in [0.05, 0.1) is 21.1 Å². The SMILES string of the molecule is C#Cc1ccc(-c2nc3c(-c4ccc(C#C)cc4)sc(-c4ccc(C#C)cc4)c3nc2-c2ccc(C#C)cc2)cc1. The van der Waals surface area contributed by atoms with E-state index in [4.69, 9.17) is 35.7 Å². The van der Waals surface area contributed by atoms with E-state index in [-0.39, 0.29) is 0 Å². The summed E-state index contributed by atoms with van der Waals surface area (Å²) in [5.74, 6) is 10.8. The highest BCUT2D eigenvalue weighted by Gasteiger charge is 2.22. The molecule has 0 aliphatic rings. The smallest absolute Gasteiger partial charge is 0.109 e. The van der Waals surface area contributed by atoms with E-state index in [1.165, 1.54) is 0 Å². The second-order valence-corrected chi connectivity index (χ2v) is 10.3. The molecule has 0 fully saturated rings. The lowest BCUT2D eigenvalue weighted by Crippen LogP contribution is -1.96. The Kier molecular flexibility index (Phi) is 6.66. The van der Waals surface area contributed by atoms with E-state index in [1.54, 1.807) is 11.3 Å². The molecule has 0 unspecified atom stereocenters. The average Bonchev–Trinajstić information content (AvgIpc) is 3.43. The quantitative estimate of drug-likeness (QED) is 0.212. The third-order valence-corrected chi connectivity index (χ3v) is 8.07. The van der Waals surface area contributed by atoms with Gasteiger partial charge in [-0.1, -0.05) is 72.2 Å². The number of thiophene rings is 1. The van der Waals surface area contributed by atoms with Crippen LogP contribution in [0.5, 0.6) is 0 Å². The van der Waals surface area contributed by atoms with Crippen LogP contribution in [-0.4, -0.2) is 9.97 Å². The molecule has 0 saturated heterocycles. The largest absolute Gasteiger partial charge is 0.242 e. The van der Waals surface area contributed by atoms with Gasteiger partial charge in [0.25, 0.3) is 0 Å². The molecule has 3 heteroatoms. The van der Waals surface area contributed by atoms with Crippen LogP contribution < -0.4 is 0 Å². The molecular formula is C38H20N2S. The van der Waals surface area contributed by atoms with Crippen molar-refractivity contribution < 1.29 is 0 Å². The third kappa shape index (κ3) is 4.76. The minimum absolute atomic E-state index is 0.753. The van der Waals surface area contributed by atoms with Crippen molar-refractivity contribution in [1.82, 2.24) is 9.97 Å². The zero-order valence-corrected chi connectivity index (χ0v) is 22.7. The molecule has 188 valence electrons. The van der Waals surface area contributed by atoms with Crippen molar-refractivity contribution in [3.8, 4) is 92.8 Å². The molecule has 0 N–H and O–H groups in total. The minimum Gasteiger partial charge on any atom is -0.242 e. The Morgan fingerprint density at radius 2 is 0.659 bits per heavy atom. The molecule has 0 radical (unpaired) electrons. The van der Waals surface area contributed by atoms with Gasteiger partial charge in [0.15, 0.2) is 0 Å². The van der Waals surface area contributed by atoms with Crippen LogP contribution in [0.15, 0.2) is 97.1 Å². The molecule has 0 bridgehead atoms. The second-order valence-electron chi connectivity index (χ2n) is 9.27. The zero-order chi connectivity index (χ0) is 28.3. The van der Waals surface area contributed by atoms with Gasteiger partial charge >= 0.3 is 0 Å². The number of aromatic nitrogens is 2. The van der Waals surface area contributed by atoms with Gasteiger partial charge in [0.1, 0.15) is 11.0 Å². The van der Waals surface area contributed by atoms with E-state index in [0.29, 0.717) is 0 Å². The van der Waals surface area contributed by atoms with Gasteiger partial charge in [-0.2, -0.15) is 0 Å². The summed E-state index contributed by atoms with van der Waals surface area (Å²) in [5.41, 5.74) is 10.2. The Hall–Kier alpha value is -5.84. The second kappa shape index (κ2) is 10.7. The van der Waals surface area contributed by atoms with E-state index in [1.807, 2.05) is 97.1 Å². The maximum absolute atomic E-state index is 5.63. The fourth-order valence-electron chi connectivity index (χ4n) is 4.63. The van der Waals surface area contributed by atoms with Crippen LogP contribution in [0.1, 0.15) is 22.3 Å². The van der Waals surface area contributed by atoms with Crippen LogP contribution in [0.2, 0.25) is 0 Å². The van der Waals surface area contributed by atoms with Gasteiger partial charge in [-0.05, 0) is 59.7 Å².